The topological polar surface area (TPSA) is 119 Å². The number of halogens is 4. The molecule has 0 aliphatic heterocycles. The minimum atomic E-state index is -2.76. The van der Waals surface area contributed by atoms with Crippen LogP contribution < -0.4 is 10.6 Å². The number of carbonyl (C=O) groups is 2. The Bertz CT molecular complexity index is 1480. The highest BCUT2D eigenvalue weighted by atomic mass is 19.3. The van der Waals surface area contributed by atoms with Gasteiger partial charge in [-0.2, -0.15) is 15.0 Å². The lowest BCUT2D eigenvalue weighted by atomic mass is 9.81. The molecule has 3 aliphatic carbocycles. The van der Waals surface area contributed by atoms with E-state index in [1.807, 2.05) is 13.0 Å². The summed E-state index contributed by atoms with van der Waals surface area (Å²) in [5, 5.41) is 18.7. The van der Waals surface area contributed by atoms with Crippen LogP contribution in [0.15, 0.2) is 24.7 Å². The maximum Gasteiger partial charge on any atom is 0.274 e. The Hall–Kier alpha value is -3.58. The lowest BCUT2D eigenvalue weighted by Gasteiger charge is -2.35. The summed E-state index contributed by atoms with van der Waals surface area (Å²) >= 11 is 0. The van der Waals surface area contributed by atoms with Crippen LogP contribution in [-0.2, 0) is 11.3 Å². The number of hydrogen-bond donors (Lipinski definition) is 2. The molecule has 3 heterocycles. The fourth-order valence-electron chi connectivity index (χ4n) is 6.13. The molecule has 1 unspecified atom stereocenters. The third-order valence-corrected chi connectivity index (χ3v) is 9.02. The summed E-state index contributed by atoms with van der Waals surface area (Å²) in [6.07, 6.45) is 7.76. The van der Waals surface area contributed by atoms with Gasteiger partial charge in [-0.1, -0.05) is 6.92 Å². The van der Waals surface area contributed by atoms with Crippen LogP contribution in [0.5, 0.6) is 0 Å². The van der Waals surface area contributed by atoms with Gasteiger partial charge in [-0.15, -0.1) is 5.10 Å². The third-order valence-electron chi connectivity index (χ3n) is 9.02. The van der Waals surface area contributed by atoms with E-state index in [2.05, 4.69) is 25.9 Å². The normalized spacial score (nSPS) is 23.0. The van der Waals surface area contributed by atoms with Crippen molar-refractivity contribution in [2.75, 3.05) is 0 Å². The molecule has 3 aromatic rings. The average Bonchev–Trinajstić information content (AvgIpc) is 3.53. The molecule has 3 atom stereocenters. The van der Waals surface area contributed by atoms with Crippen LogP contribution in [0.4, 0.5) is 17.6 Å². The minimum Gasteiger partial charge on any atom is -0.349 e. The largest absolute Gasteiger partial charge is 0.349 e. The fourth-order valence-corrected chi connectivity index (χ4v) is 6.13. The van der Waals surface area contributed by atoms with Crippen LogP contribution in [0, 0.1) is 17.8 Å². The predicted octanol–water partition coefficient (Wildman–Crippen LogP) is 5.03. The Labute approximate surface area is 246 Å². The second-order valence-corrected chi connectivity index (χ2v) is 12.3. The molecule has 3 saturated carbocycles. The molecule has 232 valence electrons. The lowest BCUT2D eigenvalue weighted by Crippen LogP contribution is -2.41. The molecule has 3 aliphatic rings. The first-order valence-electron chi connectivity index (χ1n) is 15.1. The maximum absolute atomic E-state index is 14.0. The SMILES string of the molecule is CCCC(=O)N[C@@H](c1cnn2cc([C@@H](NC(=O)c3cnn(CC4CCC4(F)F)n3)C3CCC(F)(F)CC3)nc2c1)C1CC1. The van der Waals surface area contributed by atoms with Crippen molar-refractivity contribution in [2.45, 2.75) is 102 Å². The zero-order valence-electron chi connectivity index (χ0n) is 24.0. The van der Waals surface area contributed by atoms with E-state index in [-0.39, 0.29) is 62.2 Å². The van der Waals surface area contributed by atoms with Gasteiger partial charge in [0.15, 0.2) is 11.3 Å². The number of fused-ring (bicyclic) bond motifs is 1. The Morgan fingerprint density at radius 1 is 0.977 bits per heavy atom. The number of carbonyl (C=O) groups excluding carboxylic acids is 2. The van der Waals surface area contributed by atoms with E-state index >= 15 is 0 Å². The van der Waals surface area contributed by atoms with Gasteiger partial charge in [-0.05, 0) is 62.0 Å². The van der Waals surface area contributed by atoms with Crippen LogP contribution in [0.1, 0.15) is 105 Å². The van der Waals surface area contributed by atoms with Gasteiger partial charge >= 0.3 is 0 Å². The minimum absolute atomic E-state index is 0.0153. The summed E-state index contributed by atoms with van der Waals surface area (Å²) in [6, 6.07) is 0.982. The summed E-state index contributed by atoms with van der Waals surface area (Å²) in [5.41, 5.74) is 1.76. The number of aromatic nitrogens is 6. The summed E-state index contributed by atoms with van der Waals surface area (Å²) in [6.45, 7) is 1.86. The van der Waals surface area contributed by atoms with Crippen molar-refractivity contribution in [3.05, 3.63) is 41.6 Å². The Morgan fingerprint density at radius 2 is 1.72 bits per heavy atom. The van der Waals surface area contributed by atoms with E-state index < -0.39 is 29.7 Å². The fraction of sp³-hybridized carbons (Fsp3) is 0.655. The van der Waals surface area contributed by atoms with Crippen LogP contribution in [0.2, 0.25) is 0 Å². The number of alkyl halides is 4. The summed E-state index contributed by atoms with van der Waals surface area (Å²) in [5.74, 6) is -6.98. The van der Waals surface area contributed by atoms with Crippen molar-refractivity contribution in [2.24, 2.45) is 17.8 Å². The van der Waals surface area contributed by atoms with Crippen LogP contribution >= 0.6 is 0 Å². The van der Waals surface area contributed by atoms with E-state index in [1.165, 1.54) is 6.20 Å². The van der Waals surface area contributed by atoms with Gasteiger partial charge < -0.3 is 10.6 Å². The Morgan fingerprint density at radius 3 is 2.37 bits per heavy atom. The second-order valence-electron chi connectivity index (χ2n) is 12.3. The Kier molecular flexibility index (Phi) is 7.88. The first kappa shape index (κ1) is 29.5. The van der Waals surface area contributed by atoms with E-state index in [9.17, 15) is 27.2 Å². The van der Waals surface area contributed by atoms with Gasteiger partial charge in [0.1, 0.15) is 0 Å². The second kappa shape index (κ2) is 11.5. The van der Waals surface area contributed by atoms with Gasteiger partial charge in [0.25, 0.3) is 11.8 Å². The van der Waals surface area contributed by atoms with E-state index in [1.54, 1.807) is 16.9 Å². The van der Waals surface area contributed by atoms with E-state index in [0.717, 1.165) is 29.6 Å². The first-order chi connectivity index (χ1) is 20.5. The first-order valence-corrected chi connectivity index (χ1v) is 15.1. The average molecular weight is 605 g/mol. The summed E-state index contributed by atoms with van der Waals surface area (Å²) in [7, 11) is 0. The van der Waals surface area contributed by atoms with Crippen molar-refractivity contribution in [1.29, 1.82) is 0 Å². The number of imidazole rings is 1. The van der Waals surface area contributed by atoms with Crippen LogP contribution in [0.3, 0.4) is 0 Å². The molecule has 2 N–H and O–H groups in total. The monoisotopic (exact) mass is 604 g/mol. The predicted molar refractivity (Wildman–Crippen MR) is 146 cm³/mol. The van der Waals surface area contributed by atoms with Gasteiger partial charge in [0, 0.05) is 31.6 Å². The highest BCUT2D eigenvalue weighted by Crippen LogP contribution is 2.44. The van der Waals surface area contributed by atoms with Crippen molar-refractivity contribution >= 4 is 17.5 Å². The molecule has 3 fully saturated rings. The van der Waals surface area contributed by atoms with Crippen molar-refractivity contribution in [3.63, 3.8) is 0 Å². The van der Waals surface area contributed by atoms with Crippen LogP contribution in [-0.4, -0.2) is 53.3 Å². The molecule has 14 heteroatoms. The van der Waals surface area contributed by atoms with Crippen molar-refractivity contribution < 1.29 is 27.2 Å². The van der Waals surface area contributed by atoms with Gasteiger partial charge in [0.05, 0.1) is 42.9 Å². The highest BCUT2D eigenvalue weighted by Gasteiger charge is 2.48. The zero-order valence-corrected chi connectivity index (χ0v) is 24.0. The molecule has 3 aromatic heterocycles. The van der Waals surface area contributed by atoms with E-state index in [4.69, 9.17) is 4.98 Å². The van der Waals surface area contributed by atoms with Crippen LogP contribution in [0.25, 0.3) is 5.65 Å². The molecule has 0 aromatic carbocycles. The number of nitrogens with one attached hydrogen (secondary N) is 2. The molecule has 2 amide bonds. The molecule has 43 heavy (non-hydrogen) atoms. The number of hydrogen-bond acceptors (Lipinski definition) is 6. The molecular formula is C29H36F4N8O2. The molecule has 10 nitrogen and oxygen atoms in total. The number of rotatable bonds is 11. The summed E-state index contributed by atoms with van der Waals surface area (Å²) in [4.78, 5) is 31.5. The summed E-state index contributed by atoms with van der Waals surface area (Å²) < 4.78 is 57.1. The number of nitrogens with zero attached hydrogens (tertiary/aromatic N) is 6. The molecule has 0 spiro atoms. The highest BCUT2D eigenvalue weighted by molar-refractivity contribution is 5.92. The van der Waals surface area contributed by atoms with Crippen molar-refractivity contribution in [3.8, 4) is 0 Å². The van der Waals surface area contributed by atoms with Gasteiger partial charge in [0.2, 0.25) is 11.8 Å². The zero-order chi connectivity index (χ0) is 30.4. The standard InChI is InChI=1S/C29H36F4N8O2/c1-2-3-24(42)37-25(17-4-5-17)19-12-23-36-22(16-40(23)34-13-19)26(18-6-9-28(30,31)10-7-18)38-27(43)21-14-35-41(39-21)15-20-8-11-29(20,32)33/h12-14,16-18,20,25-26H,2-11,15H2,1H3,(H,37,42)(H,38,43)/t20?,25-,26+/m1/s1. The smallest absolute Gasteiger partial charge is 0.274 e. The number of amides is 2. The van der Waals surface area contributed by atoms with Crippen molar-refractivity contribution in [1.82, 2.24) is 40.2 Å². The lowest BCUT2D eigenvalue weighted by molar-refractivity contribution is -0.139. The molecular weight excluding hydrogens is 568 g/mol. The van der Waals surface area contributed by atoms with Gasteiger partial charge in [-0.3, -0.25) is 9.59 Å². The van der Waals surface area contributed by atoms with E-state index in [0.29, 0.717) is 30.1 Å². The molecule has 0 saturated heterocycles. The Balaban J connectivity index is 1.23. The quantitative estimate of drug-likeness (QED) is 0.297. The maximum atomic E-state index is 14.0. The third kappa shape index (κ3) is 6.52. The van der Waals surface area contributed by atoms with Gasteiger partial charge in [-0.25, -0.2) is 27.1 Å². The molecule has 0 radical (unpaired) electrons. The molecule has 0 bridgehead atoms. The molecule has 6 rings (SSSR count).